The molecule has 0 N–H and O–H groups in total. The fourth-order valence-corrected chi connectivity index (χ4v) is 1.52. The Morgan fingerprint density at radius 2 is 1.39 bits per heavy atom. The summed E-state index contributed by atoms with van der Waals surface area (Å²) in [6, 6.07) is 0. The van der Waals surface area contributed by atoms with Gasteiger partial charge < -0.3 is 0 Å². The number of aromatic nitrogens is 3. The summed E-state index contributed by atoms with van der Waals surface area (Å²) in [5, 5.41) is 0. The van der Waals surface area contributed by atoms with Gasteiger partial charge in [0.2, 0.25) is 0 Å². The third-order valence-corrected chi connectivity index (χ3v) is 2.30. The van der Waals surface area contributed by atoms with E-state index in [-0.39, 0.29) is 11.4 Å². The topological polar surface area (TPSA) is 66.0 Å². The van der Waals surface area contributed by atoms with Crippen molar-refractivity contribution in [2.75, 3.05) is 6.67 Å². The minimum atomic E-state index is -0.896. The lowest BCUT2D eigenvalue weighted by Crippen LogP contribution is -2.53. The summed E-state index contributed by atoms with van der Waals surface area (Å²) < 4.78 is 14.4. The standard InChI is InChI=1S/C11H14FN3O3/c1-7(2)14-9(16)13(6-5-12)10(17)15(8(3)4)11(14)18/h1,3,5-6H2,2,4H3. The van der Waals surface area contributed by atoms with Gasteiger partial charge in [-0.2, -0.15) is 0 Å². The molecule has 0 amide bonds. The molecule has 0 saturated heterocycles. The van der Waals surface area contributed by atoms with Crippen LogP contribution in [0, 0.1) is 0 Å². The van der Waals surface area contributed by atoms with Gasteiger partial charge in [-0.3, -0.25) is 0 Å². The van der Waals surface area contributed by atoms with Gasteiger partial charge in [0.1, 0.15) is 6.67 Å². The molecule has 0 unspecified atom stereocenters. The molecule has 0 aliphatic rings. The van der Waals surface area contributed by atoms with Gasteiger partial charge in [-0.15, -0.1) is 0 Å². The molecule has 0 spiro atoms. The number of nitrogens with zero attached hydrogens (tertiary/aromatic N) is 3. The van der Waals surface area contributed by atoms with E-state index in [1.165, 1.54) is 13.8 Å². The monoisotopic (exact) mass is 255 g/mol. The summed E-state index contributed by atoms with van der Waals surface area (Å²) in [7, 11) is 0. The summed E-state index contributed by atoms with van der Waals surface area (Å²) in [6.07, 6.45) is 0. The number of halogens is 1. The summed E-state index contributed by atoms with van der Waals surface area (Å²) in [4.78, 5) is 35.7. The molecule has 0 aliphatic heterocycles. The van der Waals surface area contributed by atoms with Gasteiger partial charge in [0.05, 0.1) is 6.54 Å². The maximum Gasteiger partial charge on any atom is 0.345 e. The molecular formula is C11H14FN3O3. The molecule has 0 saturated carbocycles. The van der Waals surface area contributed by atoms with Crippen molar-refractivity contribution in [2.24, 2.45) is 0 Å². The molecule has 0 aliphatic carbocycles. The van der Waals surface area contributed by atoms with Gasteiger partial charge in [0.15, 0.2) is 0 Å². The molecule has 0 atom stereocenters. The zero-order chi connectivity index (χ0) is 14.0. The van der Waals surface area contributed by atoms with Crippen molar-refractivity contribution in [2.45, 2.75) is 20.4 Å². The van der Waals surface area contributed by atoms with Crippen LogP contribution in [0.3, 0.4) is 0 Å². The van der Waals surface area contributed by atoms with E-state index < -0.39 is 30.3 Å². The lowest BCUT2D eigenvalue weighted by molar-refractivity contribution is 0.418. The Hall–Kier alpha value is -2.18. The molecule has 0 aromatic carbocycles. The SMILES string of the molecule is C=C(C)n1c(=O)n(CCF)c(=O)n(C(=C)C)c1=O. The van der Waals surface area contributed by atoms with Gasteiger partial charge >= 0.3 is 17.1 Å². The van der Waals surface area contributed by atoms with Crippen molar-refractivity contribution in [1.29, 1.82) is 0 Å². The predicted octanol–water partition coefficient (Wildman–Crippen LogP) is 0.122. The van der Waals surface area contributed by atoms with E-state index in [1.54, 1.807) is 0 Å². The smallest absolute Gasteiger partial charge is 0.249 e. The highest BCUT2D eigenvalue weighted by molar-refractivity contribution is 5.40. The number of alkyl halides is 1. The van der Waals surface area contributed by atoms with Crippen LogP contribution in [0.1, 0.15) is 13.8 Å². The average Bonchev–Trinajstić information content (AvgIpc) is 2.23. The summed E-state index contributed by atoms with van der Waals surface area (Å²) in [5.74, 6) is 0. The second-order valence-electron chi connectivity index (χ2n) is 3.83. The van der Waals surface area contributed by atoms with E-state index in [1.807, 2.05) is 0 Å². The van der Waals surface area contributed by atoms with E-state index in [2.05, 4.69) is 13.2 Å². The first kappa shape index (κ1) is 13.9. The van der Waals surface area contributed by atoms with Gasteiger partial charge in [-0.05, 0) is 13.8 Å². The minimum absolute atomic E-state index is 0.146. The minimum Gasteiger partial charge on any atom is -0.249 e. The second-order valence-corrected chi connectivity index (χ2v) is 3.83. The molecule has 6 nitrogen and oxygen atoms in total. The van der Waals surface area contributed by atoms with Crippen LogP contribution in [0.5, 0.6) is 0 Å². The third kappa shape index (κ3) is 2.11. The molecule has 1 aromatic rings. The van der Waals surface area contributed by atoms with Crippen molar-refractivity contribution in [3.63, 3.8) is 0 Å². The largest absolute Gasteiger partial charge is 0.345 e. The Labute approximate surface area is 102 Å². The molecular weight excluding hydrogens is 241 g/mol. The highest BCUT2D eigenvalue weighted by Gasteiger charge is 2.15. The number of hydrogen-bond donors (Lipinski definition) is 0. The second kappa shape index (κ2) is 4.99. The van der Waals surface area contributed by atoms with Crippen LogP contribution >= 0.6 is 0 Å². The molecule has 1 aromatic heterocycles. The number of hydrogen-bond acceptors (Lipinski definition) is 3. The van der Waals surface area contributed by atoms with Gasteiger partial charge in [-0.1, -0.05) is 13.2 Å². The lowest BCUT2D eigenvalue weighted by Gasteiger charge is -2.12. The molecule has 0 fully saturated rings. The average molecular weight is 255 g/mol. The van der Waals surface area contributed by atoms with Gasteiger partial charge in [0, 0.05) is 11.4 Å². The van der Waals surface area contributed by atoms with Crippen LogP contribution in [-0.2, 0) is 6.54 Å². The molecule has 1 heterocycles. The van der Waals surface area contributed by atoms with Crippen LogP contribution in [0.25, 0.3) is 11.4 Å². The predicted molar refractivity (Wildman–Crippen MR) is 67.2 cm³/mol. The molecule has 1 rings (SSSR count). The molecule has 18 heavy (non-hydrogen) atoms. The van der Waals surface area contributed by atoms with Crippen molar-refractivity contribution in [1.82, 2.24) is 13.7 Å². The highest BCUT2D eigenvalue weighted by atomic mass is 19.1. The normalized spacial score (nSPS) is 10.4. The first-order valence-electron chi connectivity index (χ1n) is 5.19. The van der Waals surface area contributed by atoms with E-state index in [9.17, 15) is 18.8 Å². The zero-order valence-corrected chi connectivity index (χ0v) is 10.3. The highest BCUT2D eigenvalue weighted by Crippen LogP contribution is 1.92. The van der Waals surface area contributed by atoms with E-state index in [4.69, 9.17) is 0 Å². The van der Waals surface area contributed by atoms with Crippen molar-refractivity contribution < 1.29 is 4.39 Å². The summed E-state index contributed by atoms with van der Waals surface area (Å²) >= 11 is 0. The fourth-order valence-electron chi connectivity index (χ4n) is 1.52. The Bertz CT molecular complexity index is 626. The number of rotatable bonds is 4. The lowest BCUT2D eigenvalue weighted by atomic mass is 10.5. The van der Waals surface area contributed by atoms with Gasteiger partial charge in [-0.25, -0.2) is 32.5 Å². The van der Waals surface area contributed by atoms with Gasteiger partial charge in [0.25, 0.3) is 0 Å². The zero-order valence-electron chi connectivity index (χ0n) is 10.3. The van der Waals surface area contributed by atoms with Crippen LogP contribution in [0.2, 0.25) is 0 Å². The first-order valence-corrected chi connectivity index (χ1v) is 5.19. The molecule has 98 valence electrons. The van der Waals surface area contributed by atoms with Crippen LogP contribution < -0.4 is 17.1 Å². The van der Waals surface area contributed by atoms with E-state index in [0.29, 0.717) is 13.7 Å². The Balaban J connectivity index is 3.95. The summed E-state index contributed by atoms with van der Waals surface area (Å²) in [5.41, 5.74) is -2.35. The van der Waals surface area contributed by atoms with Crippen LogP contribution in [0.4, 0.5) is 4.39 Å². The number of allylic oxidation sites excluding steroid dienone is 2. The quantitative estimate of drug-likeness (QED) is 0.767. The van der Waals surface area contributed by atoms with E-state index in [0.717, 1.165) is 0 Å². The third-order valence-electron chi connectivity index (χ3n) is 2.30. The maximum absolute atomic E-state index is 12.4. The Morgan fingerprint density at radius 3 is 1.67 bits per heavy atom. The molecule has 7 heteroatoms. The van der Waals surface area contributed by atoms with Crippen LogP contribution in [-0.4, -0.2) is 20.4 Å². The van der Waals surface area contributed by atoms with Crippen molar-refractivity contribution in [3.8, 4) is 0 Å². The Morgan fingerprint density at radius 1 is 1.00 bits per heavy atom. The first-order chi connectivity index (χ1) is 8.32. The van der Waals surface area contributed by atoms with Crippen molar-refractivity contribution >= 4 is 11.4 Å². The van der Waals surface area contributed by atoms with E-state index >= 15 is 0 Å². The molecule has 0 radical (unpaired) electrons. The Kier molecular flexibility index (Phi) is 3.85. The maximum atomic E-state index is 12.4. The van der Waals surface area contributed by atoms with Crippen molar-refractivity contribution in [3.05, 3.63) is 44.6 Å². The van der Waals surface area contributed by atoms with Crippen LogP contribution in [0.15, 0.2) is 27.5 Å². The molecule has 0 bridgehead atoms. The fraction of sp³-hybridized carbons (Fsp3) is 0.364. The summed E-state index contributed by atoms with van der Waals surface area (Å²) in [6.45, 7) is 8.55.